The number of unbranched alkanes of at least 4 members (excludes halogenated alkanes) is 12. The first kappa shape index (κ1) is 26.7. The van der Waals surface area contributed by atoms with Crippen LogP contribution in [0.25, 0.3) is 0 Å². The summed E-state index contributed by atoms with van der Waals surface area (Å²) in [6.45, 7) is 8.90. The van der Waals surface area contributed by atoms with Crippen molar-refractivity contribution in [1.29, 1.82) is 0 Å². The Bertz CT molecular complexity index is 467. The fraction of sp³-hybridized carbons (Fsp3) is 0.778. The van der Waals surface area contributed by atoms with E-state index in [2.05, 4.69) is 26.8 Å². The average molecular weight is 420 g/mol. The molecule has 0 fully saturated rings. The zero-order valence-electron chi connectivity index (χ0n) is 20.1. The molecule has 1 rings (SSSR count). The molecule has 0 bridgehead atoms. The van der Waals surface area contributed by atoms with Crippen LogP contribution in [0.1, 0.15) is 117 Å². The van der Waals surface area contributed by atoms with Gasteiger partial charge in [0.05, 0.1) is 19.8 Å². The molecule has 173 valence electrons. The van der Waals surface area contributed by atoms with Crippen LogP contribution < -0.4 is 14.2 Å². The van der Waals surface area contributed by atoms with Crippen LogP contribution in [-0.4, -0.2) is 19.8 Å². The van der Waals surface area contributed by atoms with E-state index < -0.39 is 0 Å². The van der Waals surface area contributed by atoms with Gasteiger partial charge in [0.1, 0.15) is 0 Å². The predicted octanol–water partition coefficient (Wildman–Crippen LogP) is 8.53. The third-order valence-corrected chi connectivity index (χ3v) is 5.38. The van der Waals surface area contributed by atoms with Crippen molar-refractivity contribution in [3.8, 4) is 17.2 Å². The average Bonchev–Trinajstić information content (AvgIpc) is 2.76. The van der Waals surface area contributed by atoms with Crippen LogP contribution in [0, 0.1) is 6.07 Å². The van der Waals surface area contributed by atoms with E-state index in [1.807, 2.05) is 12.1 Å². The number of ether oxygens (including phenoxy) is 3. The van der Waals surface area contributed by atoms with E-state index in [1.54, 1.807) is 0 Å². The van der Waals surface area contributed by atoms with Gasteiger partial charge in [-0.1, -0.05) is 97.8 Å². The summed E-state index contributed by atoms with van der Waals surface area (Å²) in [5.41, 5.74) is 0. The molecule has 30 heavy (non-hydrogen) atoms. The van der Waals surface area contributed by atoms with Crippen molar-refractivity contribution in [2.45, 2.75) is 117 Å². The second-order valence-corrected chi connectivity index (χ2v) is 8.30. The molecular weight excluding hydrogens is 372 g/mol. The molecule has 0 saturated carbocycles. The summed E-state index contributed by atoms with van der Waals surface area (Å²) in [5, 5.41) is 0. The summed E-state index contributed by atoms with van der Waals surface area (Å²) in [6, 6.07) is 6.97. The fourth-order valence-corrected chi connectivity index (χ4v) is 3.46. The van der Waals surface area contributed by atoms with E-state index in [1.165, 1.54) is 77.0 Å². The molecule has 0 N–H and O–H groups in total. The third kappa shape index (κ3) is 13.0. The second-order valence-electron chi connectivity index (χ2n) is 8.30. The van der Waals surface area contributed by atoms with Crippen LogP contribution in [0.15, 0.2) is 12.1 Å². The van der Waals surface area contributed by atoms with E-state index in [-0.39, 0.29) is 0 Å². The maximum atomic E-state index is 6.17. The van der Waals surface area contributed by atoms with Crippen LogP contribution >= 0.6 is 0 Å². The molecule has 0 aliphatic rings. The smallest absolute Gasteiger partial charge is 0.203 e. The van der Waals surface area contributed by atoms with Crippen molar-refractivity contribution < 1.29 is 14.2 Å². The standard InChI is InChI=1S/C27H47O3/c1-4-7-10-13-16-22-28-25-20-19-21-26(29-23-17-14-11-8-5-2)27(25)30-24-18-15-12-9-6-3/h20-21H,4-18,22-24H2,1-3H3. The van der Waals surface area contributed by atoms with Crippen molar-refractivity contribution in [2.24, 2.45) is 0 Å². The fourth-order valence-electron chi connectivity index (χ4n) is 3.46. The van der Waals surface area contributed by atoms with Gasteiger partial charge in [-0.2, -0.15) is 0 Å². The van der Waals surface area contributed by atoms with Crippen molar-refractivity contribution in [3.63, 3.8) is 0 Å². The highest BCUT2D eigenvalue weighted by molar-refractivity contribution is 5.50. The molecule has 0 spiro atoms. The Labute approximate surface area is 186 Å². The van der Waals surface area contributed by atoms with Gasteiger partial charge in [-0.15, -0.1) is 0 Å². The molecule has 0 atom stereocenters. The molecule has 0 aliphatic carbocycles. The van der Waals surface area contributed by atoms with Gasteiger partial charge in [-0.05, 0) is 37.5 Å². The van der Waals surface area contributed by atoms with Crippen LogP contribution in [0.2, 0.25) is 0 Å². The Kier molecular flexibility index (Phi) is 17.4. The van der Waals surface area contributed by atoms with Crippen LogP contribution in [0.4, 0.5) is 0 Å². The quantitative estimate of drug-likeness (QED) is 0.187. The normalized spacial score (nSPS) is 10.9. The maximum absolute atomic E-state index is 6.17. The van der Waals surface area contributed by atoms with Crippen molar-refractivity contribution in [3.05, 3.63) is 18.2 Å². The number of benzene rings is 1. The monoisotopic (exact) mass is 419 g/mol. The minimum atomic E-state index is 0.716. The topological polar surface area (TPSA) is 27.7 Å². The lowest BCUT2D eigenvalue weighted by molar-refractivity contribution is 0.234. The summed E-state index contributed by atoms with van der Waals surface area (Å²) in [7, 11) is 0. The van der Waals surface area contributed by atoms with Crippen molar-refractivity contribution in [1.82, 2.24) is 0 Å². The number of hydrogen-bond donors (Lipinski definition) is 0. The van der Waals surface area contributed by atoms with Crippen LogP contribution in [0.5, 0.6) is 17.2 Å². The molecular formula is C27H47O3. The first-order valence-electron chi connectivity index (χ1n) is 12.8. The number of rotatable bonds is 21. The Morgan fingerprint density at radius 3 is 1.27 bits per heavy atom. The SMILES string of the molecule is CCCCCCCOc1c[c]cc(OCCCCCCC)c1OCCCCCCC. The summed E-state index contributed by atoms with van der Waals surface area (Å²) in [4.78, 5) is 0. The Balaban J connectivity index is 2.55. The molecule has 0 amide bonds. The van der Waals surface area contributed by atoms with Gasteiger partial charge in [0, 0.05) is 0 Å². The largest absolute Gasteiger partial charge is 0.490 e. The first-order chi connectivity index (χ1) is 14.8. The molecule has 3 heteroatoms. The molecule has 1 radical (unpaired) electrons. The lowest BCUT2D eigenvalue weighted by atomic mass is 10.1. The lowest BCUT2D eigenvalue weighted by Crippen LogP contribution is -2.06. The predicted molar refractivity (Wildman–Crippen MR) is 128 cm³/mol. The van der Waals surface area contributed by atoms with Crippen molar-refractivity contribution >= 4 is 0 Å². The highest BCUT2D eigenvalue weighted by Gasteiger charge is 2.13. The zero-order valence-corrected chi connectivity index (χ0v) is 20.1. The summed E-state index contributed by atoms with van der Waals surface area (Å²) in [6.07, 6.45) is 18.5. The van der Waals surface area contributed by atoms with Gasteiger partial charge in [0.25, 0.3) is 0 Å². The maximum Gasteiger partial charge on any atom is 0.203 e. The molecule has 0 saturated heterocycles. The van der Waals surface area contributed by atoms with Gasteiger partial charge in [-0.3, -0.25) is 0 Å². The molecule has 1 aromatic carbocycles. The van der Waals surface area contributed by atoms with E-state index >= 15 is 0 Å². The van der Waals surface area contributed by atoms with Crippen LogP contribution in [-0.2, 0) is 0 Å². The van der Waals surface area contributed by atoms with Gasteiger partial charge in [0.15, 0.2) is 11.5 Å². The second kappa shape index (κ2) is 19.6. The molecule has 0 aliphatic heterocycles. The molecule has 0 unspecified atom stereocenters. The van der Waals surface area contributed by atoms with Gasteiger partial charge in [-0.25, -0.2) is 0 Å². The molecule has 1 aromatic rings. The highest BCUT2D eigenvalue weighted by atomic mass is 16.5. The summed E-state index contributed by atoms with van der Waals surface area (Å²) >= 11 is 0. The summed E-state index contributed by atoms with van der Waals surface area (Å²) in [5.74, 6) is 2.33. The van der Waals surface area contributed by atoms with Gasteiger partial charge < -0.3 is 14.2 Å². The zero-order chi connectivity index (χ0) is 21.7. The summed E-state index contributed by atoms with van der Waals surface area (Å²) < 4.78 is 18.3. The Morgan fingerprint density at radius 2 is 0.867 bits per heavy atom. The number of hydrogen-bond acceptors (Lipinski definition) is 3. The molecule has 3 nitrogen and oxygen atoms in total. The van der Waals surface area contributed by atoms with Crippen molar-refractivity contribution in [2.75, 3.05) is 19.8 Å². The lowest BCUT2D eigenvalue weighted by Gasteiger charge is -2.17. The van der Waals surface area contributed by atoms with Crippen LogP contribution in [0.3, 0.4) is 0 Å². The Morgan fingerprint density at radius 1 is 0.500 bits per heavy atom. The molecule has 0 aromatic heterocycles. The minimum Gasteiger partial charge on any atom is -0.490 e. The van der Waals surface area contributed by atoms with E-state index in [0.29, 0.717) is 6.61 Å². The van der Waals surface area contributed by atoms with E-state index in [9.17, 15) is 0 Å². The van der Waals surface area contributed by atoms with Gasteiger partial charge >= 0.3 is 0 Å². The van der Waals surface area contributed by atoms with E-state index in [4.69, 9.17) is 14.2 Å². The third-order valence-electron chi connectivity index (χ3n) is 5.38. The molecule has 0 heterocycles. The first-order valence-corrected chi connectivity index (χ1v) is 12.8. The minimum absolute atomic E-state index is 0.716. The van der Waals surface area contributed by atoms with Gasteiger partial charge in [0.2, 0.25) is 5.75 Å². The van der Waals surface area contributed by atoms with E-state index in [0.717, 1.165) is 49.7 Å². The Hall–Kier alpha value is -1.38. The highest BCUT2D eigenvalue weighted by Crippen LogP contribution is 2.37.